The Kier molecular flexibility index (Phi) is 2.05. The number of para-hydroxylation sites is 2. The molecular formula is C14H11N5. The third kappa shape index (κ3) is 1.72. The van der Waals surface area contributed by atoms with E-state index in [4.69, 9.17) is 0 Å². The van der Waals surface area contributed by atoms with E-state index in [0.29, 0.717) is 0 Å². The number of H-pyrrole nitrogens is 2. The average Bonchev–Trinajstić information content (AvgIpc) is 3.03. The van der Waals surface area contributed by atoms with E-state index in [-0.39, 0.29) is 0 Å². The van der Waals surface area contributed by atoms with E-state index in [1.54, 1.807) is 6.20 Å². The Bertz CT molecular complexity index is 825. The maximum atomic E-state index is 4.49. The highest BCUT2D eigenvalue weighted by Gasteiger charge is 2.03. The van der Waals surface area contributed by atoms with Crippen LogP contribution in [0.25, 0.3) is 21.9 Å². The van der Waals surface area contributed by atoms with E-state index in [0.717, 1.165) is 33.6 Å². The van der Waals surface area contributed by atoms with Crippen molar-refractivity contribution in [3.63, 3.8) is 0 Å². The fourth-order valence-corrected chi connectivity index (χ4v) is 2.17. The maximum Gasteiger partial charge on any atom is 0.205 e. The molecule has 2 aromatic carbocycles. The van der Waals surface area contributed by atoms with Gasteiger partial charge in [-0.15, -0.1) is 0 Å². The monoisotopic (exact) mass is 249 g/mol. The second-order valence-corrected chi connectivity index (χ2v) is 4.40. The van der Waals surface area contributed by atoms with Gasteiger partial charge < -0.3 is 10.3 Å². The van der Waals surface area contributed by atoms with Gasteiger partial charge in [-0.05, 0) is 30.3 Å². The lowest BCUT2D eigenvalue weighted by atomic mass is 10.2. The molecule has 0 atom stereocenters. The van der Waals surface area contributed by atoms with Crippen molar-refractivity contribution in [2.24, 2.45) is 0 Å². The second-order valence-electron chi connectivity index (χ2n) is 4.40. The van der Waals surface area contributed by atoms with Crippen LogP contribution in [0.4, 0.5) is 11.6 Å². The molecule has 0 saturated heterocycles. The van der Waals surface area contributed by atoms with Gasteiger partial charge in [-0.2, -0.15) is 5.10 Å². The minimum absolute atomic E-state index is 0.740. The smallest absolute Gasteiger partial charge is 0.205 e. The van der Waals surface area contributed by atoms with E-state index < -0.39 is 0 Å². The van der Waals surface area contributed by atoms with Gasteiger partial charge in [0.2, 0.25) is 5.95 Å². The zero-order chi connectivity index (χ0) is 12.7. The van der Waals surface area contributed by atoms with E-state index in [9.17, 15) is 0 Å². The number of hydrogen-bond donors (Lipinski definition) is 3. The molecule has 0 aliphatic rings. The van der Waals surface area contributed by atoms with Crippen molar-refractivity contribution in [1.29, 1.82) is 0 Å². The second kappa shape index (κ2) is 3.84. The average molecular weight is 249 g/mol. The number of benzene rings is 2. The van der Waals surface area contributed by atoms with Gasteiger partial charge in [-0.3, -0.25) is 5.10 Å². The van der Waals surface area contributed by atoms with Gasteiger partial charge in [-0.1, -0.05) is 12.1 Å². The number of aromatic amines is 2. The van der Waals surface area contributed by atoms with E-state index >= 15 is 0 Å². The molecule has 2 heterocycles. The van der Waals surface area contributed by atoms with Crippen molar-refractivity contribution >= 4 is 33.6 Å². The Hall–Kier alpha value is -2.82. The van der Waals surface area contributed by atoms with Gasteiger partial charge in [0.05, 0.1) is 22.7 Å². The van der Waals surface area contributed by atoms with Gasteiger partial charge in [0.25, 0.3) is 0 Å². The summed E-state index contributed by atoms with van der Waals surface area (Å²) in [4.78, 5) is 7.73. The Balaban J connectivity index is 1.72. The highest BCUT2D eigenvalue weighted by Crippen LogP contribution is 2.21. The van der Waals surface area contributed by atoms with Crippen LogP contribution in [0, 0.1) is 0 Å². The number of rotatable bonds is 2. The van der Waals surface area contributed by atoms with Crippen LogP contribution < -0.4 is 5.32 Å². The molecule has 5 nitrogen and oxygen atoms in total. The summed E-state index contributed by atoms with van der Waals surface area (Å²) in [6.45, 7) is 0. The number of fused-ring (bicyclic) bond motifs is 2. The van der Waals surface area contributed by atoms with Gasteiger partial charge in [0, 0.05) is 11.1 Å². The lowest BCUT2D eigenvalue weighted by Crippen LogP contribution is -1.91. The maximum absolute atomic E-state index is 4.49. The third-order valence-electron chi connectivity index (χ3n) is 3.09. The van der Waals surface area contributed by atoms with Crippen molar-refractivity contribution in [3.8, 4) is 0 Å². The van der Waals surface area contributed by atoms with Gasteiger partial charge in [0.1, 0.15) is 0 Å². The molecule has 0 unspecified atom stereocenters. The summed E-state index contributed by atoms with van der Waals surface area (Å²) in [5, 5.41) is 11.3. The molecule has 4 aromatic rings. The zero-order valence-electron chi connectivity index (χ0n) is 10.0. The van der Waals surface area contributed by atoms with Crippen molar-refractivity contribution in [2.75, 3.05) is 5.32 Å². The molecule has 0 spiro atoms. The van der Waals surface area contributed by atoms with Crippen molar-refractivity contribution in [3.05, 3.63) is 48.7 Å². The first-order valence-electron chi connectivity index (χ1n) is 6.03. The normalized spacial score (nSPS) is 11.2. The molecule has 3 N–H and O–H groups in total. The van der Waals surface area contributed by atoms with Crippen molar-refractivity contribution in [1.82, 2.24) is 20.2 Å². The van der Waals surface area contributed by atoms with Gasteiger partial charge in [0.15, 0.2) is 0 Å². The molecule has 0 aliphatic carbocycles. The first-order chi connectivity index (χ1) is 9.38. The molecule has 0 bridgehead atoms. The number of anilines is 2. The van der Waals surface area contributed by atoms with E-state index in [1.165, 1.54) is 0 Å². The van der Waals surface area contributed by atoms with Gasteiger partial charge in [-0.25, -0.2) is 4.98 Å². The molecule has 0 radical (unpaired) electrons. The molecule has 0 saturated carbocycles. The summed E-state index contributed by atoms with van der Waals surface area (Å²) in [6.07, 6.45) is 1.80. The lowest BCUT2D eigenvalue weighted by Gasteiger charge is -2.02. The topological polar surface area (TPSA) is 69.4 Å². The molecule has 0 aliphatic heterocycles. The van der Waals surface area contributed by atoms with Crippen molar-refractivity contribution < 1.29 is 0 Å². The molecule has 4 rings (SSSR count). The van der Waals surface area contributed by atoms with E-state index in [2.05, 4.69) is 25.5 Å². The SMILES string of the molecule is c1ccc2[nH]c(Nc3ccc4[nH]ncc4c3)nc2c1. The predicted octanol–water partition coefficient (Wildman–Crippen LogP) is 3.18. The summed E-state index contributed by atoms with van der Waals surface area (Å²) in [5.74, 6) is 0.740. The zero-order valence-corrected chi connectivity index (χ0v) is 10.0. The van der Waals surface area contributed by atoms with Crippen LogP contribution in [-0.2, 0) is 0 Å². The molecule has 5 heteroatoms. The third-order valence-corrected chi connectivity index (χ3v) is 3.09. The van der Waals surface area contributed by atoms with Crippen LogP contribution >= 0.6 is 0 Å². The number of aromatic nitrogens is 4. The number of nitrogens with one attached hydrogen (secondary N) is 3. The van der Waals surface area contributed by atoms with Gasteiger partial charge >= 0.3 is 0 Å². The minimum atomic E-state index is 0.740. The summed E-state index contributed by atoms with van der Waals surface area (Å²) < 4.78 is 0. The molecule has 0 amide bonds. The Morgan fingerprint density at radius 2 is 1.95 bits per heavy atom. The number of nitrogens with zero attached hydrogens (tertiary/aromatic N) is 2. The molecule has 19 heavy (non-hydrogen) atoms. The van der Waals surface area contributed by atoms with Crippen LogP contribution in [0.3, 0.4) is 0 Å². The lowest BCUT2D eigenvalue weighted by molar-refractivity contribution is 1.12. The summed E-state index contributed by atoms with van der Waals surface area (Å²) in [6, 6.07) is 14.0. The fraction of sp³-hybridized carbons (Fsp3) is 0. The van der Waals surface area contributed by atoms with Crippen LogP contribution in [0.1, 0.15) is 0 Å². The molecular weight excluding hydrogens is 238 g/mol. The quantitative estimate of drug-likeness (QED) is 0.511. The van der Waals surface area contributed by atoms with Crippen LogP contribution in [0.15, 0.2) is 48.7 Å². The molecule has 2 aromatic heterocycles. The summed E-state index contributed by atoms with van der Waals surface area (Å²) >= 11 is 0. The highest BCUT2D eigenvalue weighted by atomic mass is 15.1. The Morgan fingerprint density at radius 3 is 2.89 bits per heavy atom. The fourth-order valence-electron chi connectivity index (χ4n) is 2.17. The summed E-state index contributed by atoms with van der Waals surface area (Å²) in [5.41, 5.74) is 3.98. The Morgan fingerprint density at radius 1 is 1.00 bits per heavy atom. The standard InChI is InChI=1S/C14H11N5/c1-2-4-13-12(3-1)17-14(18-13)16-10-5-6-11-9(7-10)8-15-19-11/h1-8H,(H,15,19)(H2,16,17,18). The van der Waals surface area contributed by atoms with Crippen LogP contribution in [0.5, 0.6) is 0 Å². The number of imidazole rings is 1. The minimum Gasteiger partial charge on any atom is -0.326 e. The highest BCUT2D eigenvalue weighted by molar-refractivity contribution is 5.83. The predicted molar refractivity (Wildman–Crippen MR) is 75.5 cm³/mol. The Labute approximate surface area is 108 Å². The largest absolute Gasteiger partial charge is 0.326 e. The number of hydrogen-bond acceptors (Lipinski definition) is 3. The molecule has 0 fully saturated rings. The van der Waals surface area contributed by atoms with Crippen LogP contribution in [-0.4, -0.2) is 20.2 Å². The first-order valence-corrected chi connectivity index (χ1v) is 6.03. The molecule has 92 valence electrons. The first kappa shape index (κ1) is 10.1. The summed E-state index contributed by atoms with van der Waals surface area (Å²) in [7, 11) is 0. The van der Waals surface area contributed by atoms with Crippen molar-refractivity contribution in [2.45, 2.75) is 0 Å². The van der Waals surface area contributed by atoms with E-state index in [1.807, 2.05) is 42.5 Å². The van der Waals surface area contributed by atoms with Crippen LogP contribution in [0.2, 0.25) is 0 Å².